The lowest BCUT2D eigenvalue weighted by Crippen LogP contribution is -3.18. The quantitative estimate of drug-likeness (QED) is 0.248. The molecule has 2 fully saturated rings. The molecule has 256 valence electrons. The molecule has 0 aliphatic carbocycles. The Kier molecular flexibility index (Phi) is 10.1. The van der Waals surface area contributed by atoms with E-state index in [0.29, 0.717) is 0 Å². The lowest BCUT2D eigenvalue weighted by atomic mass is 11.8. The third-order valence-corrected chi connectivity index (χ3v) is 488. The molecule has 2 saturated heterocycles. The summed E-state index contributed by atoms with van der Waals surface area (Å²) in [5, 5.41) is 0. The van der Waals surface area contributed by atoms with Crippen LogP contribution in [-0.2, 0) is 0 Å². The van der Waals surface area contributed by atoms with Crippen molar-refractivity contribution in [2.75, 3.05) is 0 Å². The molecule has 0 aromatic rings. The van der Waals surface area contributed by atoms with E-state index in [4.69, 9.17) is 0 Å². The van der Waals surface area contributed by atoms with E-state index >= 15 is 0 Å². The van der Waals surface area contributed by atoms with Gasteiger partial charge in [0.15, 0.2) is 0 Å². The van der Waals surface area contributed by atoms with Gasteiger partial charge in [0.1, 0.15) is 0 Å². The zero-order valence-electron chi connectivity index (χ0n) is 35.5. The summed E-state index contributed by atoms with van der Waals surface area (Å²) in [6.07, 6.45) is -1.68. The van der Waals surface area contributed by atoms with Crippen molar-refractivity contribution >= 4 is 106 Å². The normalized spacial score (nSPS) is 32.1. The molecule has 0 amide bonds. The predicted octanol–water partition coefficient (Wildman–Crippen LogP) is 10.6. The van der Waals surface area contributed by atoms with E-state index in [2.05, 4.69) is 183 Å². The Morgan fingerprint density at radius 3 is 0.442 bits per heavy atom. The minimum absolute atomic E-state index is 1.28. The Bertz CT molecular complexity index is 994. The van der Waals surface area contributed by atoms with E-state index in [9.17, 15) is 0 Å². The molecule has 2 aliphatic heterocycles. The summed E-state index contributed by atoms with van der Waals surface area (Å²) in [5.74, 6) is 0. The van der Waals surface area contributed by atoms with Gasteiger partial charge in [-0.15, -0.1) is 0 Å². The van der Waals surface area contributed by atoms with Gasteiger partial charge in [-0.1, -0.05) is 183 Å². The second kappa shape index (κ2) is 10.2. The monoisotopic (exact) mass is 840 g/mol. The number of rotatable bonds is 4. The van der Waals surface area contributed by atoms with Gasteiger partial charge >= 0.3 is 0 Å². The summed E-state index contributed by atoms with van der Waals surface area (Å²) in [4.78, 5) is 0. The van der Waals surface area contributed by atoms with Gasteiger partial charge in [0.05, 0.1) is 0 Å². The third-order valence-electron chi connectivity index (χ3n) is 21.2. The fraction of sp³-hybridized carbons (Fsp3) is 1.00. The topological polar surface area (TPSA) is 0 Å². The van der Waals surface area contributed by atoms with Crippen molar-refractivity contribution in [1.82, 2.24) is 0 Å². The van der Waals surface area contributed by atoms with Gasteiger partial charge in [0.2, 0.25) is 0 Å². The maximum absolute atomic E-state index is 3.43. The second-order valence-corrected chi connectivity index (χ2v) is 215. The summed E-state index contributed by atoms with van der Waals surface area (Å²) in [6, 6.07) is 0. The maximum Gasteiger partial charge on any atom is 0.0307 e. The van der Waals surface area contributed by atoms with Crippen LogP contribution < -0.4 is 0 Å². The first-order chi connectivity index (χ1) is 18.0. The van der Waals surface area contributed by atoms with Crippen LogP contribution in [0.5, 0.6) is 0 Å². The highest BCUT2D eigenvalue weighted by molar-refractivity contribution is 8.41. The summed E-state index contributed by atoms with van der Waals surface area (Å²) < 4.78 is 0. The molecular weight excluding hydrogens is 758 g/mol. The van der Waals surface area contributed by atoms with E-state index in [1.165, 1.54) is 0 Å². The maximum atomic E-state index is 3.43. The van der Waals surface area contributed by atoms with Crippen LogP contribution in [0.3, 0.4) is 0 Å². The first-order valence-corrected chi connectivity index (χ1v) is 78.0. The predicted molar refractivity (Wildman–Crippen MR) is 251 cm³/mol. The van der Waals surface area contributed by atoms with E-state index in [0.717, 1.165) is 0 Å². The second-order valence-electron chi connectivity index (χ2n) is 23.8. The molecule has 0 aromatic heterocycles. The summed E-state index contributed by atoms with van der Waals surface area (Å²) in [6.45, 7) is 85.0. The molecule has 0 unspecified atom stereocenters. The van der Waals surface area contributed by atoms with Crippen LogP contribution in [0.15, 0.2) is 0 Å². The molecule has 15 heteroatoms. The average molecular weight is 842 g/mol. The minimum atomic E-state index is -1.68. The van der Waals surface area contributed by atoms with Crippen molar-refractivity contribution in [3.05, 3.63) is 0 Å². The molecule has 0 saturated carbocycles. The molecule has 43 heavy (non-hydrogen) atoms. The third kappa shape index (κ3) is 3.90. The average Bonchev–Trinajstić information content (AvgIpc) is 2.74. The van der Waals surface area contributed by atoms with Crippen molar-refractivity contribution in [3.8, 4) is 0 Å². The van der Waals surface area contributed by atoms with Crippen molar-refractivity contribution < 1.29 is 0 Å². The Balaban J connectivity index is 3.67. The van der Waals surface area contributed by atoms with Crippen molar-refractivity contribution in [2.45, 2.75) is 183 Å². The summed E-state index contributed by atoms with van der Waals surface area (Å²) in [5.41, 5.74) is 0. The Morgan fingerprint density at radius 1 is 0.209 bits per heavy atom. The smallest absolute Gasteiger partial charge is 0.0307 e. The Labute approximate surface area is 286 Å². The summed E-state index contributed by atoms with van der Waals surface area (Å²) in [7, 11) is -16.9. The van der Waals surface area contributed by atoms with E-state index in [1.807, 2.05) is 0 Å². The van der Waals surface area contributed by atoms with Gasteiger partial charge in [-0.25, -0.2) is 0 Å². The first kappa shape index (κ1) is 42.4. The van der Waals surface area contributed by atoms with Crippen molar-refractivity contribution in [1.29, 1.82) is 0 Å². The van der Waals surface area contributed by atoms with Gasteiger partial charge in [0, 0.05) is 106 Å². The molecule has 2 rings (SSSR count). The van der Waals surface area contributed by atoms with Crippen LogP contribution in [-0.4, -0.2) is 106 Å². The summed E-state index contributed by atoms with van der Waals surface area (Å²) >= 11 is 0. The lowest BCUT2D eigenvalue weighted by molar-refractivity contribution is 1.72. The molecule has 0 radical (unpaired) electrons. The number of hydrogen-bond donors (Lipinski definition) is 0. The van der Waals surface area contributed by atoms with Gasteiger partial charge in [-0.3, -0.25) is 0 Å². The molecule has 0 bridgehead atoms. The lowest BCUT2D eigenvalue weighted by Gasteiger charge is -2.87. The molecule has 0 nitrogen and oxygen atoms in total. The molecule has 2 aliphatic rings. The molecule has 0 N–H and O–H groups in total. The Morgan fingerprint density at radius 2 is 0.326 bits per heavy atom. The first-order valence-electron chi connectivity index (χ1n) is 18.0. The van der Waals surface area contributed by atoms with E-state index < -0.39 is 106 Å². The van der Waals surface area contributed by atoms with Crippen molar-refractivity contribution in [3.63, 3.8) is 0 Å². The van der Waals surface area contributed by atoms with Crippen LogP contribution in [0.4, 0.5) is 0 Å². The standard InChI is InChI=1S/C28H84Si15/c1-29(2,3)43(30(4,5)6,41(27)37(19,20)33(11,12)31(7,8)34(13,14)38(41,21)22)42(28)39(23,24)35(15,16)32(9,10)36(17,18)40(42,25)26/h1-28H3. The fourth-order valence-electron chi connectivity index (χ4n) is 15.2. The van der Waals surface area contributed by atoms with Crippen LogP contribution in [0, 0.1) is 0 Å². The van der Waals surface area contributed by atoms with Gasteiger partial charge in [0.25, 0.3) is 0 Å². The zero-order valence-corrected chi connectivity index (χ0v) is 50.5. The van der Waals surface area contributed by atoms with Crippen LogP contribution in [0.1, 0.15) is 0 Å². The minimum Gasteiger partial charge on any atom is -0.0756 e. The fourth-order valence-corrected chi connectivity index (χ4v) is 979. The molecule has 0 spiro atoms. The molecule has 2 heterocycles. The van der Waals surface area contributed by atoms with Gasteiger partial charge in [-0.05, 0) is 0 Å². The van der Waals surface area contributed by atoms with Crippen LogP contribution in [0.25, 0.3) is 0 Å². The molecule has 0 atom stereocenters. The van der Waals surface area contributed by atoms with E-state index in [1.54, 1.807) is 0 Å². The highest BCUT2D eigenvalue weighted by Crippen LogP contribution is 2.64. The highest BCUT2D eigenvalue weighted by Gasteiger charge is 2.92. The van der Waals surface area contributed by atoms with E-state index in [-0.39, 0.29) is 0 Å². The van der Waals surface area contributed by atoms with Gasteiger partial charge < -0.3 is 0 Å². The van der Waals surface area contributed by atoms with Crippen LogP contribution >= 0.6 is 0 Å². The van der Waals surface area contributed by atoms with Gasteiger partial charge in [-0.2, -0.15) is 0 Å². The molecular formula is C28H84Si15. The molecule has 0 aromatic carbocycles. The highest BCUT2D eigenvalue weighted by atomic mass is 30.6. The van der Waals surface area contributed by atoms with Crippen LogP contribution in [0.2, 0.25) is 183 Å². The largest absolute Gasteiger partial charge is 0.0756 e. The zero-order chi connectivity index (χ0) is 35.5. The SMILES string of the molecule is C[Si](C)(C)[Si]([Si](C)(C)C)([Si]1(C)[Si](C)(C)[Si](C)(C)[Si](C)(C)[Si](C)(C)[Si]1(C)C)[Si]1(C)[Si](C)(C)[Si](C)(C)[Si](C)(C)[Si](C)(C)[Si]1(C)C. The Hall–Kier alpha value is 3.25. The van der Waals surface area contributed by atoms with Crippen molar-refractivity contribution in [2.24, 2.45) is 0 Å². The number of hydrogen-bond acceptors (Lipinski definition) is 0.